The van der Waals surface area contributed by atoms with Crippen molar-refractivity contribution in [2.24, 2.45) is 0 Å². The Morgan fingerprint density at radius 2 is 1.95 bits per heavy atom. The number of nitrogens with one attached hydrogen (secondary N) is 1. The third-order valence-electron chi connectivity index (χ3n) is 2.60. The highest BCUT2D eigenvalue weighted by Gasteiger charge is 2.17. The summed E-state index contributed by atoms with van der Waals surface area (Å²) in [5.41, 5.74) is 0.911. The molecule has 1 aromatic heterocycles. The number of furan rings is 1. The molecular formula is C13H14FNO3S. The molecule has 0 radical (unpaired) electrons. The third-order valence-corrected chi connectivity index (χ3v) is 4.21. The summed E-state index contributed by atoms with van der Waals surface area (Å²) in [5.74, 6) is -0.467. The fraction of sp³-hybridized carbons (Fsp3) is 0.231. The van der Waals surface area contributed by atoms with E-state index in [2.05, 4.69) is 4.72 Å². The van der Waals surface area contributed by atoms with E-state index < -0.39 is 15.8 Å². The molecule has 1 unspecified atom stereocenters. The Morgan fingerprint density at radius 3 is 2.53 bits per heavy atom. The molecule has 1 heterocycles. The SMILES string of the molecule is CC(Cc1ccoc1)NS(=O)(=O)c1ccc(F)cc1. The Bertz CT molecular complexity index is 620. The summed E-state index contributed by atoms with van der Waals surface area (Å²) in [4.78, 5) is 0.0490. The molecule has 1 N–H and O–H groups in total. The van der Waals surface area contributed by atoms with Crippen LogP contribution in [0, 0.1) is 5.82 Å². The van der Waals surface area contributed by atoms with Crippen molar-refractivity contribution in [1.82, 2.24) is 4.72 Å². The zero-order chi connectivity index (χ0) is 13.9. The van der Waals surface area contributed by atoms with Gasteiger partial charge in [-0.1, -0.05) is 0 Å². The van der Waals surface area contributed by atoms with E-state index in [1.165, 1.54) is 18.4 Å². The van der Waals surface area contributed by atoms with Crippen LogP contribution in [0.3, 0.4) is 0 Å². The highest BCUT2D eigenvalue weighted by Crippen LogP contribution is 2.11. The molecule has 2 aromatic rings. The van der Waals surface area contributed by atoms with Crippen LogP contribution in [0.15, 0.2) is 52.2 Å². The van der Waals surface area contributed by atoms with E-state index in [1.807, 2.05) is 0 Å². The Labute approximate surface area is 111 Å². The minimum atomic E-state index is -3.63. The quantitative estimate of drug-likeness (QED) is 0.916. The van der Waals surface area contributed by atoms with Gasteiger partial charge in [-0.2, -0.15) is 0 Å². The Morgan fingerprint density at radius 1 is 1.26 bits per heavy atom. The van der Waals surface area contributed by atoms with Gasteiger partial charge in [-0.25, -0.2) is 17.5 Å². The topological polar surface area (TPSA) is 59.3 Å². The maximum atomic E-state index is 12.8. The Hall–Kier alpha value is -1.66. The number of halogens is 1. The second-order valence-electron chi connectivity index (χ2n) is 4.31. The van der Waals surface area contributed by atoms with Gasteiger partial charge in [0.1, 0.15) is 5.82 Å². The van der Waals surface area contributed by atoms with Crippen LogP contribution < -0.4 is 4.72 Å². The molecule has 1 atom stereocenters. The van der Waals surface area contributed by atoms with Crippen molar-refractivity contribution >= 4 is 10.0 Å². The predicted octanol–water partition coefficient (Wildman–Crippen LogP) is 2.33. The number of rotatable bonds is 5. The first-order chi connectivity index (χ1) is 8.97. The first kappa shape index (κ1) is 13.8. The number of sulfonamides is 1. The molecule has 0 amide bonds. The van der Waals surface area contributed by atoms with Gasteiger partial charge in [0.05, 0.1) is 17.4 Å². The summed E-state index contributed by atoms with van der Waals surface area (Å²) in [7, 11) is -3.63. The van der Waals surface area contributed by atoms with Crippen molar-refractivity contribution in [3.63, 3.8) is 0 Å². The van der Waals surface area contributed by atoms with Crippen molar-refractivity contribution in [1.29, 1.82) is 0 Å². The lowest BCUT2D eigenvalue weighted by atomic mass is 10.1. The zero-order valence-corrected chi connectivity index (χ0v) is 11.2. The van der Waals surface area contributed by atoms with Crippen molar-refractivity contribution in [3.8, 4) is 0 Å². The standard InChI is InChI=1S/C13H14FNO3S/c1-10(8-11-6-7-18-9-11)15-19(16,17)13-4-2-12(14)3-5-13/h2-7,9-10,15H,8H2,1H3. The molecule has 0 spiro atoms. The van der Waals surface area contributed by atoms with E-state index in [4.69, 9.17) is 4.42 Å². The minimum absolute atomic E-state index is 0.0490. The lowest BCUT2D eigenvalue weighted by molar-refractivity contribution is 0.549. The highest BCUT2D eigenvalue weighted by atomic mass is 32.2. The normalized spacial score (nSPS) is 13.4. The third kappa shape index (κ3) is 3.65. The van der Waals surface area contributed by atoms with Crippen LogP contribution in [-0.4, -0.2) is 14.5 Å². The van der Waals surface area contributed by atoms with Gasteiger partial charge in [0.2, 0.25) is 10.0 Å². The lowest BCUT2D eigenvalue weighted by Gasteiger charge is -2.13. The summed E-state index contributed by atoms with van der Waals surface area (Å²) in [6, 6.07) is 6.21. The summed E-state index contributed by atoms with van der Waals surface area (Å²) in [6.07, 6.45) is 3.64. The largest absolute Gasteiger partial charge is 0.472 e. The van der Waals surface area contributed by atoms with Crippen molar-refractivity contribution < 1.29 is 17.2 Å². The molecule has 6 heteroatoms. The van der Waals surface area contributed by atoms with Crippen LogP contribution in [-0.2, 0) is 16.4 Å². The molecule has 0 fully saturated rings. The van der Waals surface area contributed by atoms with Gasteiger partial charge >= 0.3 is 0 Å². The van der Waals surface area contributed by atoms with Gasteiger partial charge in [-0.15, -0.1) is 0 Å². The van der Waals surface area contributed by atoms with Crippen molar-refractivity contribution in [2.45, 2.75) is 24.3 Å². The van der Waals surface area contributed by atoms with Crippen molar-refractivity contribution in [2.75, 3.05) is 0 Å². The van der Waals surface area contributed by atoms with Gasteiger partial charge in [0.15, 0.2) is 0 Å². The van der Waals surface area contributed by atoms with Crippen LogP contribution >= 0.6 is 0 Å². The molecule has 0 bridgehead atoms. The molecule has 0 saturated carbocycles. The summed E-state index contributed by atoms with van der Waals surface area (Å²) in [5, 5.41) is 0. The average Bonchev–Trinajstić information content (AvgIpc) is 2.81. The van der Waals surface area contributed by atoms with Crippen molar-refractivity contribution in [3.05, 3.63) is 54.2 Å². The second-order valence-corrected chi connectivity index (χ2v) is 6.03. The lowest BCUT2D eigenvalue weighted by Crippen LogP contribution is -2.34. The molecule has 0 aliphatic carbocycles. The fourth-order valence-corrected chi connectivity index (χ4v) is 2.99. The van der Waals surface area contributed by atoms with E-state index in [9.17, 15) is 12.8 Å². The van der Waals surface area contributed by atoms with E-state index >= 15 is 0 Å². The minimum Gasteiger partial charge on any atom is -0.472 e. The molecule has 0 aliphatic heterocycles. The first-order valence-electron chi connectivity index (χ1n) is 5.76. The van der Waals surface area contributed by atoms with E-state index in [0.717, 1.165) is 17.7 Å². The summed E-state index contributed by atoms with van der Waals surface area (Å²) in [6.45, 7) is 1.76. The molecule has 4 nitrogen and oxygen atoms in total. The number of hydrogen-bond acceptors (Lipinski definition) is 3. The predicted molar refractivity (Wildman–Crippen MR) is 68.6 cm³/mol. The maximum Gasteiger partial charge on any atom is 0.240 e. The first-order valence-corrected chi connectivity index (χ1v) is 7.25. The van der Waals surface area contributed by atoms with Gasteiger partial charge in [-0.3, -0.25) is 0 Å². The van der Waals surface area contributed by atoms with Crippen LogP contribution in [0.1, 0.15) is 12.5 Å². The molecule has 0 aliphatic rings. The second kappa shape index (κ2) is 5.54. The van der Waals surface area contributed by atoms with Gasteiger partial charge in [0.25, 0.3) is 0 Å². The van der Waals surface area contributed by atoms with Crippen LogP contribution in [0.5, 0.6) is 0 Å². The average molecular weight is 283 g/mol. The molecule has 102 valence electrons. The zero-order valence-electron chi connectivity index (χ0n) is 10.3. The highest BCUT2D eigenvalue weighted by molar-refractivity contribution is 7.89. The summed E-state index contributed by atoms with van der Waals surface area (Å²) >= 11 is 0. The Balaban J connectivity index is 2.06. The molecule has 1 aromatic carbocycles. The van der Waals surface area contributed by atoms with E-state index in [1.54, 1.807) is 19.3 Å². The number of hydrogen-bond donors (Lipinski definition) is 1. The Kier molecular flexibility index (Phi) is 4.01. The number of benzene rings is 1. The van der Waals surface area contributed by atoms with Gasteiger partial charge < -0.3 is 4.42 Å². The van der Waals surface area contributed by atoms with Crippen LogP contribution in [0.2, 0.25) is 0 Å². The fourth-order valence-electron chi connectivity index (χ4n) is 1.75. The van der Waals surface area contributed by atoms with Gasteiger partial charge in [-0.05, 0) is 49.2 Å². The molecule has 19 heavy (non-hydrogen) atoms. The smallest absolute Gasteiger partial charge is 0.240 e. The molecular weight excluding hydrogens is 269 g/mol. The van der Waals surface area contributed by atoms with Crippen LogP contribution in [0.25, 0.3) is 0 Å². The maximum absolute atomic E-state index is 12.8. The van der Waals surface area contributed by atoms with Crippen LogP contribution in [0.4, 0.5) is 4.39 Å². The molecule has 0 saturated heterocycles. The molecule has 2 rings (SSSR count). The van der Waals surface area contributed by atoms with Gasteiger partial charge in [0, 0.05) is 6.04 Å². The monoisotopic (exact) mass is 283 g/mol. The summed E-state index contributed by atoms with van der Waals surface area (Å²) < 4.78 is 44.3. The van der Waals surface area contributed by atoms with E-state index in [-0.39, 0.29) is 10.9 Å². The van der Waals surface area contributed by atoms with E-state index in [0.29, 0.717) is 6.42 Å².